The summed E-state index contributed by atoms with van der Waals surface area (Å²) in [5, 5.41) is 5.76. The lowest BCUT2D eigenvalue weighted by molar-refractivity contribution is 0.225. The van der Waals surface area contributed by atoms with Crippen LogP contribution in [0.2, 0.25) is 0 Å². The lowest BCUT2D eigenvalue weighted by Gasteiger charge is -2.31. The lowest BCUT2D eigenvalue weighted by Crippen LogP contribution is -2.49. The predicted octanol–water partition coefficient (Wildman–Crippen LogP) is 0.866. The van der Waals surface area contributed by atoms with Crippen LogP contribution in [0.25, 0.3) is 0 Å². The Morgan fingerprint density at radius 3 is 2.64 bits per heavy atom. The second kappa shape index (κ2) is 7.06. The smallest absolute Gasteiger partial charge is 0.315 e. The van der Waals surface area contributed by atoms with Gasteiger partial charge in [0.1, 0.15) is 0 Å². The second-order valence-electron chi connectivity index (χ2n) is 5.56. The first kappa shape index (κ1) is 16.7. The number of amides is 2. The number of rotatable bonds is 4. The molecule has 1 aliphatic rings. The fraction of sp³-hybridized carbons (Fsp3) is 0.571. The summed E-state index contributed by atoms with van der Waals surface area (Å²) in [7, 11) is -3.13. The molecule has 0 saturated carbocycles. The van der Waals surface area contributed by atoms with Crippen molar-refractivity contribution >= 4 is 16.1 Å². The minimum absolute atomic E-state index is 0.000835. The van der Waals surface area contributed by atoms with Gasteiger partial charge in [-0.05, 0) is 31.4 Å². The second-order valence-corrected chi connectivity index (χ2v) is 7.54. The van der Waals surface area contributed by atoms with Crippen LogP contribution in [-0.2, 0) is 10.0 Å². The van der Waals surface area contributed by atoms with Crippen molar-refractivity contribution in [2.75, 3.05) is 19.3 Å². The van der Waals surface area contributed by atoms with E-state index in [9.17, 15) is 13.2 Å². The average molecular weight is 326 g/mol. The molecule has 1 fully saturated rings. The van der Waals surface area contributed by atoms with Gasteiger partial charge in [-0.1, -0.05) is 6.07 Å². The number of pyridine rings is 1. The Bertz CT molecular complexity index is 598. The van der Waals surface area contributed by atoms with Gasteiger partial charge >= 0.3 is 6.03 Å². The lowest BCUT2D eigenvalue weighted by atomic mass is 10.1. The molecule has 122 valence electrons. The highest BCUT2D eigenvalue weighted by Crippen LogP contribution is 2.14. The van der Waals surface area contributed by atoms with Gasteiger partial charge in [0, 0.05) is 31.5 Å². The number of aromatic nitrogens is 1. The SMILES string of the molecule is CC(NC(=O)NC1CCN(S(C)(=O)=O)CC1)c1cccnc1. The van der Waals surface area contributed by atoms with Gasteiger partial charge in [0.15, 0.2) is 0 Å². The topological polar surface area (TPSA) is 91.4 Å². The zero-order valence-electron chi connectivity index (χ0n) is 12.8. The van der Waals surface area contributed by atoms with E-state index < -0.39 is 10.0 Å². The highest BCUT2D eigenvalue weighted by Gasteiger charge is 2.25. The first-order valence-electron chi connectivity index (χ1n) is 7.28. The number of carbonyl (C=O) groups is 1. The molecule has 0 radical (unpaired) electrons. The molecule has 0 aromatic carbocycles. The van der Waals surface area contributed by atoms with E-state index in [1.807, 2.05) is 19.1 Å². The van der Waals surface area contributed by atoms with Gasteiger partial charge in [-0.2, -0.15) is 0 Å². The molecule has 1 aliphatic heterocycles. The van der Waals surface area contributed by atoms with Crippen molar-refractivity contribution < 1.29 is 13.2 Å². The summed E-state index contributed by atoms with van der Waals surface area (Å²) >= 11 is 0. The molecule has 2 amide bonds. The Morgan fingerprint density at radius 1 is 1.41 bits per heavy atom. The summed E-state index contributed by atoms with van der Waals surface area (Å²) in [6.07, 6.45) is 5.87. The molecule has 1 unspecified atom stereocenters. The first-order chi connectivity index (χ1) is 10.4. The normalized spacial score (nSPS) is 18.6. The molecular weight excluding hydrogens is 304 g/mol. The summed E-state index contributed by atoms with van der Waals surface area (Å²) in [5.41, 5.74) is 0.935. The first-order valence-corrected chi connectivity index (χ1v) is 9.13. The van der Waals surface area contributed by atoms with Crippen LogP contribution in [0.5, 0.6) is 0 Å². The van der Waals surface area contributed by atoms with Gasteiger partial charge in [0.05, 0.1) is 12.3 Å². The van der Waals surface area contributed by atoms with E-state index in [1.54, 1.807) is 12.4 Å². The fourth-order valence-corrected chi connectivity index (χ4v) is 3.35. The van der Waals surface area contributed by atoms with Gasteiger partial charge < -0.3 is 10.6 Å². The highest BCUT2D eigenvalue weighted by atomic mass is 32.2. The number of nitrogens with zero attached hydrogens (tertiary/aromatic N) is 2. The van der Waals surface area contributed by atoms with Crippen LogP contribution >= 0.6 is 0 Å². The maximum Gasteiger partial charge on any atom is 0.315 e. The number of sulfonamides is 1. The average Bonchev–Trinajstić information content (AvgIpc) is 2.47. The predicted molar refractivity (Wildman–Crippen MR) is 83.8 cm³/mol. The molecule has 0 spiro atoms. The van der Waals surface area contributed by atoms with Crippen LogP contribution in [0.3, 0.4) is 0 Å². The van der Waals surface area contributed by atoms with E-state index in [2.05, 4.69) is 15.6 Å². The highest BCUT2D eigenvalue weighted by molar-refractivity contribution is 7.88. The van der Waals surface area contributed by atoms with Gasteiger partial charge in [-0.15, -0.1) is 0 Å². The summed E-state index contributed by atoms with van der Waals surface area (Å²) in [5.74, 6) is 0. The van der Waals surface area contributed by atoms with Crippen LogP contribution in [-0.4, -0.2) is 49.1 Å². The van der Waals surface area contributed by atoms with Crippen molar-refractivity contribution in [3.8, 4) is 0 Å². The largest absolute Gasteiger partial charge is 0.335 e. The van der Waals surface area contributed by atoms with Crippen LogP contribution in [0.4, 0.5) is 4.79 Å². The Kier molecular flexibility index (Phi) is 5.36. The van der Waals surface area contributed by atoms with Crippen LogP contribution in [0.1, 0.15) is 31.4 Å². The molecule has 1 atom stereocenters. The van der Waals surface area contributed by atoms with Crippen molar-refractivity contribution in [3.63, 3.8) is 0 Å². The molecule has 2 heterocycles. The third-order valence-corrected chi connectivity index (χ3v) is 5.09. The molecule has 2 N–H and O–H groups in total. The fourth-order valence-electron chi connectivity index (χ4n) is 2.47. The van der Waals surface area contributed by atoms with E-state index >= 15 is 0 Å². The Hall–Kier alpha value is -1.67. The summed E-state index contributed by atoms with van der Waals surface area (Å²) in [6.45, 7) is 2.78. The minimum Gasteiger partial charge on any atom is -0.335 e. The molecule has 1 saturated heterocycles. The molecule has 1 aromatic rings. The van der Waals surface area contributed by atoms with Gasteiger partial charge in [-0.3, -0.25) is 4.98 Å². The van der Waals surface area contributed by atoms with Crippen LogP contribution in [0, 0.1) is 0 Å². The number of hydrogen-bond donors (Lipinski definition) is 2. The summed E-state index contributed by atoms with van der Waals surface area (Å²) in [4.78, 5) is 16.0. The minimum atomic E-state index is -3.13. The Labute approximate surface area is 131 Å². The van der Waals surface area contributed by atoms with Crippen LogP contribution in [0.15, 0.2) is 24.5 Å². The third kappa shape index (κ3) is 4.67. The molecule has 8 heteroatoms. The van der Waals surface area contributed by atoms with Gasteiger partial charge in [0.25, 0.3) is 0 Å². The molecular formula is C14H22N4O3S. The number of urea groups is 1. The molecule has 22 heavy (non-hydrogen) atoms. The standard InChI is InChI=1S/C14H22N4O3S/c1-11(12-4-3-7-15-10-12)16-14(19)17-13-5-8-18(9-6-13)22(2,20)21/h3-4,7,10-11,13H,5-6,8-9H2,1-2H3,(H2,16,17,19). The number of carbonyl (C=O) groups excluding carboxylic acids is 1. The van der Waals surface area contributed by atoms with Crippen molar-refractivity contribution in [2.45, 2.75) is 31.8 Å². The van der Waals surface area contributed by atoms with Gasteiger partial charge in [-0.25, -0.2) is 17.5 Å². The zero-order valence-corrected chi connectivity index (χ0v) is 13.6. The third-order valence-electron chi connectivity index (χ3n) is 3.79. The quantitative estimate of drug-likeness (QED) is 0.859. The monoisotopic (exact) mass is 326 g/mol. The van der Waals surface area contributed by atoms with Crippen molar-refractivity contribution in [1.29, 1.82) is 0 Å². The zero-order chi connectivity index (χ0) is 16.2. The number of piperidine rings is 1. The van der Waals surface area contributed by atoms with Crippen molar-refractivity contribution in [1.82, 2.24) is 19.9 Å². The van der Waals surface area contributed by atoms with E-state index in [1.165, 1.54) is 10.6 Å². The number of nitrogens with one attached hydrogen (secondary N) is 2. The van der Waals surface area contributed by atoms with E-state index in [0.717, 1.165) is 5.56 Å². The maximum absolute atomic E-state index is 12.0. The molecule has 0 aliphatic carbocycles. The summed E-state index contributed by atoms with van der Waals surface area (Å²) < 4.78 is 24.3. The van der Waals surface area contributed by atoms with Gasteiger partial charge in [0.2, 0.25) is 10.0 Å². The van der Waals surface area contributed by atoms with Crippen LogP contribution < -0.4 is 10.6 Å². The molecule has 1 aromatic heterocycles. The maximum atomic E-state index is 12.0. The van der Waals surface area contributed by atoms with Crippen molar-refractivity contribution in [3.05, 3.63) is 30.1 Å². The molecule has 2 rings (SSSR count). The molecule has 0 bridgehead atoms. The Morgan fingerprint density at radius 2 is 2.09 bits per heavy atom. The number of hydrogen-bond acceptors (Lipinski definition) is 4. The van der Waals surface area contributed by atoms with Crippen molar-refractivity contribution in [2.24, 2.45) is 0 Å². The molecule has 7 nitrogen and oxygen atoms in total. The van der Waals surface area contributed by atoms with E-state index in [0.29, 0.717) is 25.9 Å². The van der Waals surface area contributed by atoms with E-state index in [-0.39, 0.29) is 18.1 Å². The Balaban J connectivity index is 1.79. The van der Waals surface area contributed by atoms with E-state index in [4.69, 9.17) is 0 Å². The summed E-state index contributed by atoms with van der Waals surface area (Å²) in [6, 6.07) is 3.35.